The molecule has 6 heteroatoms. The van der Waals surface area contributed by atoms with Crippen LogP contribution in [0.3, 0.4) is 0 Å². The van der Waals surface area contributed by atoms with Crippen molar-refractivity contribution >= 4 is 11.0 Å². The van der Waals surface area contributed by atoms with Gasteiger partial charge in [0.25, 0.3) is 0 Å². The largest absolute Gasteiger partial charge is 0.507 e. The first-order valence-corrected chi connectivity index (χ1v) is 7.15. The highest BCUT2D eigenvalue weighted by Crippen LogP contribution is 2.40. The van der Waals surface area contributed by atoms with Crippen LogP contribution in [0.2, 0.25) is 0 Å². The molecule has 0 aliphatic heterocycles. The molecule has 0 saturated carbocycles. The zero-order chi connectivity index (χ0) is 17.3. The van der Waals surface area contributed by atoms with Crippen LogP contribution >= 0.6 is 0 Å². The van der Waals surface area contributed by atoms with Crippen LogP contribution in [0.5, 0.6) is 23.0 Å². The van der Waals surface area contributed by atoms with Gasteiger partial charge >= 0.3 is 0 Å². The molecule has 1 aromatic heterocycles. The Morgan fingerprint density at radius 3 is 2.46 bits per heavy atom. The lowest BCUT2D eigenvalue weighted by Crippen LogP contribution is -2.03. The number of rotatable bonds is 4. The maximum atomic E-state index is 12.5. The van der Waals surface area contributed by atoms with E-state index < -0.39 is 0 Å². The van der Waals surface area contributed by atoms with E-state index in [0.29, 0.717) is 17.1 Å². The molecule has 1 N–H and O–H groups in total. The molecular formula is C18H16O6. The summed E-state index contributed by atoms with van der Waals surface area (Å²) in [6, 6.07) is 9.76. The van der Waals surface area contributed by atoms with Gasteiger partial charge in [-0.2, -0.15) is 0 Å². The summed E-state index contributed by atoms with van der Waals surface area (Å²) < 4.78 is 21.5. The molecule has 0 fully saturated rings. The number of ether oxygens (including phenoxy) is 3. The fraction of sp³-hybridized carbons (Fsp3) is 0.167. The van der Waals surface area contributed by atoms with Gasteiger partial charge in [-0.3, -0.25) is 4.79 Å². The highest BCUT2D eigenvalue weighted by Gasteiger charge is 2.19. The Bertz CT molecular complexity index is 958. The summed E-state index contributed by atoms with van der Waals surface area (Å²) in [4.78, 5) is 12.5. The van der Waals surface area contributed by atoms with Gasteiger partial charge in [-0.05, 0) is 12.1 Å². The first-order chi connectivity index (χ1) is 11.6. The Kier molecular flexibility index (Phi) is 4.04. The topological polar surface area (TPSA) is 78.1 Å². The van der Waals surface area contributed by atoms with E-state index in [9.17, 15) is 9.90 Å². The summed E-state index contributed by atoms with van der Waals surface area (Å²) in [6.07, 6.45) is 0. The van der Waals surface area contributed by atoms with Gasteiger partial charge in [-0.15, -0.1) is 0 Å². The normalized spacial score (nSPS) is 10.6. The van der Waals surface area contributed by atoms with E-state index in [2.05, 4.69) is 0 Å². The number of methoxy groups -OCH3 is 3. The van der Waals surface area contributed by atoms with Crippen molar-refractivity contribution in [2.45, 2.75) is 0 Å². The smallest absolute Gasteiger partial charge is 0.205 e. The van der Waals surface area contributed by atoms with Crippen LogP contribution in [0.1, 0.15) is 0 Å². The summed E-state index contributed by atoms with van der Waals surface area (Å²) in [5, 5.41) is 10.2. The lowest BCUT2D eigenvalue weighted by Gasteiger charge is -2.12. The summed E-state index contributed by atoms with van der Waals surface area (Å²) in [5.41, 5.74) is 0.407. The van der Waals surface area contributed by atoms with E-state index in [-0.39, 0.29) is 33.6 Å². The molecule has 0 aliphatic rings. The summed E-state index contributed by atoms with van der Waals surface area (Å²) in [6.45, 7) is 0. The number of phenolic OH excluding ortho intramolecular Hbond substituents is 1. The molecule has 124 valence electrons. The highest BCUT2D eigenvalue weighted by atomic mass is 16.5. The van der Waals surface area contributed by atoms with Crippen molar-refractivity contribution in [3.8, 4) is 34.3 Å². The van der Waals surface area contributed by atoms with Gasteiger partial charge in [0.15, 0.2) is 16.8 Å². The number of phenols is 1. The third-order valence-corrected chi connectivity index (χ3v) is 3.68. The minimum atomic E-state index is -0.382. The molecule has 0 radical (unpaired) electrons. The summed E-state index contributed by atoms with van der Waals surface area (Å²) >= 11 is 0. The van der Waals surface area contributed by atoms with E-state index in [0.717, 1.165) is 0 Å². The number of aromatic hydroxyl groups is 1. The molecule has 24 heavy (non-hydrogen) atoms. The van der Waals surface area contributed by atoms with Crippen molar-refractivity contribution in [1.82, 2.24) is 0 Å². The third kappa shape index (κ3) is 2.52. The molecule has 0 saturated heterocycles. The maximum absolute atomic E-state index is 12.5. The first kappa shape index (κ1) is 15.7. The van der Waals surface area contributed by atoms with Crippen molar-refractivity contribution in [3.05, 3.63) is 46.6 Å². The molecule has 3 aromatic rings. The van der Waals surface area contributed by atoms with Crippen molar-refractivity contribution in [2.75, 3.05) is 21.3 Å². The van der Waals surface area contributed by atoms with E-state index >= 15 is 0 Å². The molecular weight excluding hydrogens is 312 g/mol. The Balaban J connectivity index is 2.34. The van der Waals surface area contributed by atoms with Crippen LogP contribution < -0.4 is 19.6 Å². The molecule has 1 heterocycles. The van der Waals surface area contributed by atoms with Crippen LogP contribution in [-0.4, -0.2) is 26.4 Å². The Labute approximate surface area is 137 Å². The fourth-order valence-electron chi connectivity index (χ4n) is 2.53. The van der Waals surface area contributed by atoms with Gasteiger partial charge in [0.05, 0.1) is 21.3 Å². The Morgan fingerprint density at radius 1 is 1.00 bits per heavy atom. The second-order valence-electron chi connectivity index (χ2n) is 5.04. The average Bonchev–Trinajstić information content (AvgIpc) is 2.60. The van der Waals surface area contributed by atoms with Gasteiger partial charge in [-0.1, -0.05) is 12.1 Å². The molecule has 0 atom stereocenters. The second kappa shape index (κ2) is 6.16. The van der Waals surface area contributed by atoms with E-state index in [4.69, 9.17) is 18.6 Å². The third-order valence-electron chi connectivity index (χ3n) is 3.68. The SMILES string of the molecule is COc1cccc(-c2cc(=O)c3c(O)cc(OC)c(OC)c3o2)c1. The van der Waals surface area contributed by atoms with Gasteiger partial charge in [0, 0.05) is 17.7 Å². The highest BCUT2D eigenvalue weighted by molar-refractivity contribution is 5.91. The van der Waals surface area contributed by atoms with Crippen molar-refractivity contribution in [1.29, 1.82) is 0 Å². The summed E-state index contributed by atoms with van der Waals surface area (Å²) in [7, 11) is 4.43. The zero-order valence-corrected chi connectivity index (χ0v) is 13.5. The molecule has 0 bridgehead atoms. The maximum Gasteiger partial charge on any atom is 0.205 e. The van der Waals surface area contributed by atoms with Gasteiger partial charge in [0.1, 0.15) is 22.6 Å². The average molecular weight is 328 g/mol. The second-order valence-corrected chi connectivity index (χ2v) is 5.04. The van der Waals surface area contributed by atoms with Gasteiger partial charge in [-0.25, -0.2) is 0 Å². The number of fused-ring (bicyclic) bond motifs is 1. The molecule has 0 spiro atoms. The van der Waals surface area contributed by atoms with Crippen LogP contribution in [0.4, 0.5) is 0 Å². The minimum absolute atomic E-state index is 0.0410. The van der Waals surface area contributed by atoms with Gasteiger partial charge in [0.2, 0.25) is 5.75 Å². The minimum Gasteiger partial charge on any atom is -0.507 e. The van der Waals surface area contributed by atoms with Crippen molar-refractivity contribution < 1.29 is 23.7 Å². The van der Waals surface area contributed by atoms with Crippen molar-refractivity contribution in [2.24, 2.45) is 0 Å². The molecule has 0 aliphatic carbocycles. The Morgan fingerprint density at radius 2 is 1.79 bits per heavy atom. The fourth-order valence-corrected chi connectivity index (χ4v) is 2.53. The van der Waals surface area contributed by atoms with E-state index in [1.165, 1.54) is 26.4 Å². The monoisotopic (exact) mass is 328 g/mol. The quantitative estimate of drug-likeness (QED) is 0.792. The number of hydrogen-bond donors (Lipinski definition) is 1. The molecule has 2 aromatic carbocycles. The van der Waals surface area contributed by atoms with Crippen LogP contribution in [-0.2, 0) is 0 Å². The number of hydrogen-bond acceptors (Lipinski definition) is 6. The predicted octanol–water partition coefficient (Wildman–Crippen LogP) is 3.19. The van der Waals surface area contributed by atoms with Crippen molar-refractivity contribution in [3.63, 3.8) is 0 Å². The van der Waals surface area contributed by atoms with Gasteiger partial charge < -0.3 is 23.7 Å². The lowest BCUT2D eigenvalue weighted by atomic mass is 10.1. The van der Waals surface area contributed by atoms with Crippen LogP contribution in [0, 0.1) is 0 Å². The zero-order valence-electron chi connectivity index (χ0n) is 13.5. The first-order valence-electron chi connectivity index (χ1n) is 7.15. The predicted molar refractivity (Wildman–Crippen MR) is 89.2 cm³/mol. The summed E-state index contributed by atoms with van der Waals surface area (Å²) in [5.74, 6) is 1.25. The molecule has 3 rings (SSSR count). The van der Waals surface area contributed by atoms with Crippen LogP contribution in [0.25, 0.3) is 22.3 Å². The Hall–Kier alpha value is -3.15. The van der Waals surface area contributed by atoms with E-state index in [1.807, 2.05) is 0 Å². The number of benzene rings is 2. The van der Waals surface area contributed by atoms with E-state index in [1.54, 1.807) is 31.4 Å². The standard InChI is InChI=1S/C18H16O6/c1-21-11-6-4-5-10(7-11)14-8-12(19)16-13(20)9-15(22-2)17(23-3)18(16)24-14/h4-9,20H,1-3H3. The molecule has 0 unspecified atom stereocenters. The molecule has 6 nitrogen and oxygen atoms in total. The van der Waals surface area contributed by atoms with Crippen LogP contribution in [0.15, 0.2) is 45.6 Å². The molecule has 0 amide bonds. The lowest BCUT2D eigenvalue weighted by molar-refractivity contribution is 0.350.